The molecule has 0 aromatic heterocycles. The van der Waals surface area contributed by atoms with Crippen LogP contribution in [-0.4, -0.2) is 21.0 Å². The minimum atomic E-state index is -1.48. The second-order valence-corrected chi connectivity index (χ2v) is 5.23. The Morgan fingerprint density at radius 2 is 1.50 bits per heavy atom. The number of rotatable bonds is 4. The molecule has 0 saturated heterocycles. The molecule has 0 aliphatic rings. The molecule has 0 fully saturated rings. The summed E-state index contributed by atoms with van der Waals surface area (Å²) >= 11 is 0. The molecule has 0 bridgehead atoms. The first-order chi connectivity index (χ1) is 8.66. The lowest BCUT2D eigenvalue weighted by Crippen LogP contribution is -2.08. The summed E-state index contributed by atoms with van der Waals surface area (Å²) in [6.07, 6.45) is 0. The van der Waals surface area contributed by atoms with E-state index in [-0.39, 0.29) is 5.75 Å². The fourth-order valence-electron chi connectivity index (χ4n) is 1.63. The van der Waals surface area contributed by atoms with Gasteiger partial charge in [0.05, 0.1) is 10.8 Å². The molecule has 0 saturated carbocycles. The third-order valence-electron chi connectivity index (χ3n) is 2.48. The van der Waals surface area contributed by atoms with Gasteiger partial charge >= 0.3 is 5.97 Å². The van der Waals surface area contributed by atoms with Crippen LogP contribution in [0.1, 0.15) is 0 Å². The first-order valence-electron chi connectivity index (χ1n) is 5.42. The summed E-state index contributed by atoms with van der Waals surface area (Å²) in [5, 5.41) is 8.58. The molecule has 0 spiro atoms. The number of benzene rings is 2. The molecule has 0 unspecified atom stereocenters. The summed E-state index contributed by atoms with van der Waals surface area (Å²) in [5.41, 5.74) is 2.10. The molecule has 0 amide bonds. The van der Waals surface area contributed by atoms with Crippen molar-refractivity contribution in [1.29, 1.82) is 0 Å². The van der Waals surface area contributed by atoms with E-state index in [0.717, 1.165) is 11.1 Å². The first kappa shape index (κ1) is 12.5. The standard InChI is InChI=1S/C14H12O3S/c15-14(16)10-18(17)13-8-6-12(7-9-13)11-4-2-1-3-5-11/h1-9H,10H2,(H,15,16)/t18-/m1/s1. The topological polar surface area (TPSA) is 54.4 Å². The lowest BCUT2D eigenvalue weighted by atomic mass is 10.1. The van der Waals surface area contributed by atoms with Crippen LogP contribution in [0.25, 0.3) is 11.1 Å². The van der Waals surface area contributed by atoms with Crippen LogP contribution < -0.4 is 0 Å². The van der Waals surface area contributed by atoms with Gasteiger partial charge in [0.1, 0.15) is 5.75 Å². The van der Waals surface area contributed by atoms with Gasteiger partial charge in [0.25, 0.3) is 0 Å². The van der Waals surface area contributed by atoms with E-state index in [2.05, 4.69) is 0 Å². The van der Waals surface area contributed by atoms with E-state index in [4.69, 9.17) is 5.11 Å². The molecule has 0 radical (unpaired) electrons. The highest BCUT2D eigenvalue weighted by atomic mass is 32.2. The van der Waals surface area contributed by atoms with Gasteiger partial charge in [-0.3, -0.25) is 9.00 Å². The summed E-state index contributed by atoms with van der Waals surface area (Å²) in [6.45, 7) is 0. The second kappa shape index (κ2) is 5.60. The summed E-state index contributed by atoms with van der Waals surface area (Å²) in [5.74, 6) is -1.41. The zero-order chi connectivity index (χ0) is 13.0. The van der Waals surface area contributed by atoms with Crippen LogP contribution in [-0.2, 0) is 15.6 Å². The molecule has 2 aromatic rings. The highest BCUT2D eigenvalue weighted by molar-refractivity contribution is 7.85. The molecule has 0 aliphatic carbocycles. The predicted molar refractivity (Wildman–Crippen MR) is 70.8 cm³/mol. The van der Waals surface area contributed by atoms with E-state index in [1.807, 2.05) is 42.5 Å². The fourth-order valence-corrected chi connectivity index (χ4v) is 2.46. The van der Waals surface area contributed by atoms with Gasteiger partial charge in [0.15, 0.2) is 0 Å². The smallest absolute Gasteiger partial charge is 0.316 e. The van der Waals surface area contributed by atoms with Crippen LogP contribution in [0.3, 0.4) is 0 Å². The number of hydrogen-bond acceptors (Lipinski definition) is 2. The molecule has 0 heterocycles. The van der Waals surface area contributed by atoms with E-state index >= 15 is 0 Å². The zero-order valence-electron chi connectivity index (χ0n) is 9.58. The summed E-state index contributed by atoms with van der Waals surface area (Å²) < 4.78 is 11.6. The number of aliphatic carboxylic acids is 1. The van der Waals surface area contributed by atoms with Crippen molar-refractivity contribution in [1.82, 2.24) is 0 Å². The number of carboxylic acid groups (broad SMARTS) is 1. The minimum Gasteiger partial charge on any atom is -0.481 e. The molecule has 92 valence electrons. The molecular weight excluding hydrogens is 248 g/mol. The number of hydrogen-bond donors (Lipinski definition) is 1. The second-order valence-electron chi connectivity index (χ2n) is 3.77. The Hall–Kier alpha value is -1.94. The van der Waals surface area contributed by atoms with Crippen molar-refractivity contribution in [2.75, 3.05) is 5.75 Å². The maximum absolute atomic E-state index is 11.6. The maximum atomic E-state index is 11.6. The SMILES string of the molecule is O=C(O)C[S@@](=O)c1ccc(-c2ccccc2)cc1. The van der Waals surface area contributed by atoms with Gasteiger partial charge in [-0.25, -0.2) is 0 Å². The molecule has 1 atom stereocenters. The van der Waals surface area contributed by atoms with E-state index < -0.39 is 16.8 Å². The molecule has 2 rings (SSSR count). The van der Waals surface area contributed by atoms with E-state index in [1.54, 1.807) is 12.1 Å². The minimum absolute atomic E-state index is 0.356. The summed E-state index contributed by atoms with van der Waals surface area (Å²) in [6, 6.07) is 16.9. The Morgan fingerprint density at radius 3 is 2.06 bits per heavy atom. The zero-order valence-corrected chi connectivity index (χ0v) is 10.4. The summed E-state index contributed by atoms with van der Waals surface area (Å²) in [4.78, 5) is 11.0. The normalized spacial score (nSPS) is 12.0. The van der Waals surface area contributed by atoms with Crippen LogP contribution >= 0.6 is 0 Å². The van der Waals surface area contributed by atoms with Gasteiger partial charge in [0, 0.05) is 4.90 Å². The molecule has 2 aromatic carbocycles. The molecule has 18 heavy (non-hydrogen) atoms. The average Bonchev–Trinajstić information content (AvgIpc) is 2.39. The maximum Gasteiger partial charge on any atom is 0.316 e. The Bertz CT molecular complexity index is 561. The number of carbonyl (C=O) groups is 1. The van der Waals surface area contributed by atoms with Gasteiger partial charge in [-0.1, -0.05) is 42.5 Å². The molecule has 1 N–H and O–H groups in total. The van der Waals surface area contributed by atoms with Crippen LogP contribution in [0.5, 0.6) is 0 Å². The van der Waals surface area contributed by atoms with Gasteiger partial charge in [-0.05, 0) is 23.3 Å². The largest absolute Gasteiger partial charge is 0.481 e. The highest BCUT2D eigenvalue weighted by Gasteiger charge is 2.08. The molecule has 3 nitrogen and oxygen atoms in total. The van der Waals surface area contributed by atoms with Crippen LogP contribution in [0.4, 0.5) is 0 Å². The monoisotopic (exact) mass is 260 g/mol. The lowest BCUT2D eigenvalue weighted by molar-refractivity contribution is -0.133. The summed E-state index contributed by atoms with van der Waals surface area (Å²) in [7, 11) is -1.48. The van der Waals surface area contributed by atoms with Crippen molar-refractivity contribution < 1.29 is 14.1 Å². The van der Waals surface area contributed by atoms with Gasteiger partial charge in [-0.2, -0.15) is 0 Å². The first-order valence-corrected chi connectivity index (χ1v) is 6.74. The average molecular weight is 260 g/mol. The van der Waals surface area contributed by atoms with Crippen molar-refractivity contribution in [3.8, 4) is 11.1 Å². The van der Waals surface area contributed by atoms with E-state index in [0.29, 0.717) is 4.90 Å². The molecule has 0 aliphatic heterocycles. The van der Waals surface area contributed by atoms with Crippen LogP contribution in [0.2, 0.25) is 0 Å². The third kappa shape index (κ3) is 3.05. The van der Waals surface area contributed by atoms with E-state index in [9.17, 15) is 9.00 Å². The van der Waals surface area contributed by atoms with Gasteiger partial charge in [0.2, 0.25) is 0 Å². The predicted octanol–water partition coefficient (Wildman–Crippen LogP) is 2.55. The van der Waals surface area contributed by atoms with Crippen molar-refractivity contribution in [2.45, 2.75) is 4.90 Å². The van der Waals surface area contributed by atoms with Crippen molar-refractivity contribution in [3.05, 3.63) is 54.6 Å². The quantitative estimate of drug-likeness (QED) is 0.919. The Labute approximate surface area is 108 Å². The van der Waals surface area contributed by atoms with Crippen molar-refractivity contribution in [3.63, 3.8) is 0 Å². The Kier molecular flexibility index (Phi) is 3.89. The fraction of sp³-hybridized carbons (Fsp3) is 0.0714. The van der Waals surface area contributed by atoms with Crippen molar-refractivity contribution in [2.24, 2.45) is 0 Å². The van der Waals surface area contributed by atoms with Gasteiger partial charge < -0.3 is 5.11 Å². The van der Waals surface area contributed by atoms with Crippen molar-refractivity contribution >= 4 is 16.8 Å². The Morgan fingerprint density at radius 1 is 0.944 bits per heavy atom. The molecular formula is C14H12O3S. The third-order valence-corrected chi connectivity index (χ3v) is 3.79. The Balaban J connectivity index is 2.20. The number of carboxylic acids is 1. The lowest BCUT2D eigenvalue weighted by Gasteiger charge is -2.03. The van der Waals surface area contributed by atoms with Crippen LogP contribution in [0, 0.1) is 0 Å². The van der Waals surface area contributed by atoms with E-state index in [1.165, 1.54) is 0 Å². The highest BCUT2D eigenvalue weighted by Crippen LogP contribution is 2.20. The molecule has 4 heteroatoms. The van der Waals surface area contributed by atoms with Crippen LogP contribution in [0.15, 0.2) is 59.5 Å². The van der Waals surface area contributed by atoms with Gasteiger partial charge in [-0.15, -0.1) is 0 Å².